The summed E-state index contributed by atoms with van der Waals surface area (Å²) >= 11 is 0. The van der Waals surface area contributed by atoms with Crippen LogP contribution in [0.4, 0.5) is 5.82 Å². The highest BCUT2D eigenvalue weighted by atomic mass is 16.5. The molecule has 6 rings (SSSR count). The molecule has 2 aliphatic rings. The summed E-state index contributed by atoms with van der Waals surface area (Å²) in [5, 5.41) is 3.32. The number of aromatic nitrogens is 4. The first-order valence-electron chi connectivity index (χ1n) is 13.8. The maximum Gasteiger partial charge on any atom is 0.222 e. The fourth-order valence-electron chi connectivity index (χ4n) is 6.65. The van der Waals surface area contributed by atoms with Gasteiger partial charge in [-0.1, -0.05) is 24.3 Å². The lowest BCUT2D eigenvalue weighted by Crippen LogP contribution is -2.45. The predicted molar refractivity (Wildman–Crippen MR) is 152 cm³/mol. The Balaban J connectivity index is 1.29. The van der Waals surface area contributed by atoms with Crippen LogP contribution in [0, 0.1) is 6.92 Å². The summed E-state index contributed by atoms with van der Waals surface area (Å²) in [6.45, 7) is 2.41. The zero-order valence-electron chi connectivity index (χ0n) is 22.9. The van der Waals surface area contributed by atoms with Gasteiger partial charge in [0.25, 0.3) is 0 Å². The number of nitrogen functional groups attached to an aromatic ring is 1. The first-order valence-corrected chi connectivity index (χ1v) is 13.8. The molecule has 0 spiro atoms. The Morgan fingerprint density at radius 2 is 1.85 bits per heavy atom. The van der Waals surface area contributed by atoms with Crippen molar-refractivity contribution in [3.05, 3.63) is 77.6 Å². The number of carbonyl (C=O) groups is 2. The van der Waals surface area contributed by atoms with Crippen LogP contribution in [0.2, 0.25) is 0 Å². The third kappa shape index (κ3) is 4.64. The molecule has 1 amide bonds. The number of hydrogen-bond donors (Lipinski definition) is 2. The summed E-state index contributed by atoms with van der Waals surface area (Å²) in [7, 11) is 1.61. The Labute approximate surface area is 233 Å². The van der Waals surface area contributed by atoms with E-state index in [1.165, 1.54) is 0 Å². The van der Waals surface area contributed by atoms with E-state index < -0.39 is 0 Å². The molecule has 3 N–H and O–H groups in total. The Hall–Kier alpha value is -4.11. The highest BCUT2D eigenvalue weighted by molar-refractivity contribution is 5.98. The largest absolute Gasteiger partial charge is 0.384 e. The maximum absolute atomic E-state index is 12.9. The van der Waals surface area contributed by atoms with Crippen LogP contribution in [-0.4, -0.2) is 50.3 Å². The van der Waals surface area contributed by atoms with Crippen LogP contribution in [0.3, 0.4) is 0 Å². The molecule has 40 heavy (non-hydrogen) atoms. The third-order valence-electron chi connectivity index (χ3n) is 8.63. The highest BCUT2D eigenvalue weighted by Gasteiger charge is 2.57. The number of rotatable bonds is 9. The van der Waals surface area contributed by atoms with Gasteiger partial charge in [-0.15, -0.1) is 0 Å². The monoisotopic (exact) mass is 538 g/mol. The van der Waals surface area contributed by atoms with Crippen molar-refractivity contribution in [2.24, 2.45) is 0 Å². The molecule has 0 saturated heterocycles. The molecule has 2 bridgehead atoms. The van der Waals surface area contributed by atoms with E-state index in [-0.39, 0.29) is 29.1 Å². The van der Waals surface area contributed by atoms with Gasteiger partial charge >= 0.3 is 0 Å². The minimum absolute atomic E-state index is 0.0147. The van der Waals surface area contributed by atoms with Crippen LogP contribution >= 0.6 is 0 Å². The number of carbonyl (C=O) groups excluding carboxylic acids is 2. The third-order valence-corrected chi connectivity index (χ3v) is 8.63. The van der Waals surface area contributed by atoms with Gasteiger partial charge in [0.05, 0.1) is 13.0 Å². The highest BCUT2D eigenvalue weighted by Crippen LogP contribution is 2.57. The molecule has 9 nitrogen and oxygen atoms in total. The van der Waals surface area contributed by atoms with Crippen LogP contribution < -0.4 is 11.1 Å². The second-order valence-electron chi connectivity index (χ2n) is 11.3. The summed E-state index contributed by atoms with van der Waals surface area (Å²) in [5.74, 6) is 1.42. The Morgan fingerprint density at radius 3 is 2.58 bits per heavy atom. The second-order valence-corrected chi connectivity index (χ2v) is 11.3. The number of amides is 1. The molecule has 9 heteroatoms. The molecule has 3 heterocycles. The minimum atomic E-state index is -0.205. The molecule has 0 radical (unpaired) electrons. The van der Waals surface area contributed by atoms with Crippen molar-refractivity contribution < 1.29 is 14.3 Å². The number of nitrogens with one attached hydrogen (secondary N) is 1. The number of imidazole rings is 1. The van der Waals surface area contributed by atoms with E-state index in [4.69, 9.17) is 15.5 Å². The smallest absolute Gasteiger partial charge is 0.222 e. The number of methoxy groups -OCH3 is 1. The van der Waals surface area contributed by atoms with Crippen molar-refractivity contribution in [1.82, 2.24) is 24.7 Å². The van der Waals surface area contributed by atoms with Gasteiger partial charge in [0, 0.05) is 59.9 Å². The van der Waals surface area contributed by atoms with Gasteiger partial charge < -0.3 is 15.8 Å². The quantitative estimate of drug-likeness (QED) is 0.306. The van der Waals surface area contributed by atoms with Crippen LogP contribution in [-0.2, 0) is 21.4 Å². The van der Waals surface area contributed by atoms with Gasteiger partial charge in [-0.25, -0.2) is 9.97 Å². The number of ether oxygens (including phenoxy) is 1. The summed E-state index contributed by atoms with van der Waals surface area (Å²) in [5.41, 5.74) is 10.9. The number of benzene rings is 1. The van der Waals surface area contributed by atoms with Gasteiger partial charge in [-0.05, 0) is 56.7 Å². The topological polar surface area (TPSA) is 124 Å². The second kappa shape index (κ2) is 10.1. The van der Waals surface area contributed by atoms with Crippen molar-refractivity contribution in [3.63, 3.8) is 0 Å². The van der Waals surface area contributed by atoms with Gasteiger partial charge in [0.1, 0.15) is 22.9 Å². The molecule has 1 aromatic carbocycles. The van der Waals surface area contributed by atoms with Crippen LogP contribution in [0.15, 0.2) is 55.0 Å². The van der Waals surface area contributed by atoms with E-state index >= 15 is 0 Å². The number of pyridine rings is 1. The fourth-order valence-corrected chi connectivity index (χ4v) is 6.65. The number of aryl methyl sites for hydroxylation is 1. The zero-order chi connectivity index (χ0) is 27.9. The van der Waals surface area contributed by atoms with Crippen molar-refractivity contribution in [2.45, 2.75) is 62.8 Å². The SMILES string of the molecule is COCCC(=O)NC12CCC(c3nc(-c4ccc(C(=O)Cc5cc(C)ccn5)cc4)c4c(N)nccn34)(CC1)C2. The van der Waals surface area contributed by atoms with Gasteiger partial charge in [-0.2, -0.15) is 0 Å². The number of nitrogens with zero attached hydrogens (tertiary/aromatic N) is 4. The van der Waals surface area contributed by atoms with Gasteiger partial charge in [0.15, 0.2) is 5.78 Å². The van der Waals surface area contributed by atoms with E-state index in [1.54, 1.807) is 19.5 Å². The minimum Gasteiger partial charge on any atom is -0.384 e. The zero-order valence-corrected chi connectivity index (χ0v) is 22.9. The Bertz CT molecular complexity index is 1580. The summed E-state index contributed by atoms with van der Waals surface area (Å²) in [6, 6.07) is 11.4. The average molecular weight is 539 g/mol. The van der Waals surface area contributed by atoms with Crippen molar-refractivity contribution in [1.29, 1.82) is 0 Å². The fraction of sp³-hybridized carbons (Fsp3) is 0.387. The summed E-state index contributed by atoms with van der Waals surface area (Å²) in [6.07, 6.45) is 10.6. The summed E-state index contributed by atoms with van der Waals surface area (Å²) in [4.78, 5) is 39.4. The van der Waals surface area contributed by atoms with E-state index in [0.29, 0.717) is 24.4 Å². The van der Waals surface area contributed by atoms with E-state index in [0.717, 1.165) is 66.0 Å². The van der Waals surface area contributed by atoms with Crippen LogP contribution in [0.25, 0.3) is 16.8 Å². The number of Topliss-reactive ketones (excluding diaryl/α,β-unsaturated/α-hetero) is 1. The van der Waals surface area contributed by atoms with Gasteiger partial charge in [0.2, 0.25) is 5.91 Å². The number of nitrogens with two attached hydrogens (primary N) is 1. The Morgan fingerprint density at radius 1 is 1.07 bits per heavy atom. The van der Waals surface area contributed by atoms with E-state index in [1.807, 2.05) is 49.5 Å². The molecule has 0 atom stereocenters. The summed E-state index contributed by atoms with van der Waals surface area (Å²) < 4.78 is 7.16. The number of hydrogen-bond acceptors (Lipinski definition) is 7. The number of anilines is 1. The molecule has 2 aliphatic carbocycles. The van der Waals surface area contributed by atoms with Crippen LogP contribution in [0.1, 0.15) is 66.0 Å². The molecule has 4 aromatic rings. The number of ketones is 1. The van der Waals surface area contributed by atoms with E-state index in [2.05, 4.69) is 19.7 Å². The van der Waals surface area contributed by atoms with Crippen LogP contribution in [0.5, 0.6) is 0 Å². The van der Waals surface area contributed by atoms with Gasteiger partial charge in [-0.3, -0.25) is 19.0 Å². The molecule has 3 aromatic heterocycles. The normalized spacial score (nSPS) is 21.6. The lowest BCUT2D eigenvalue weighted by Gasteiger charge is -2.28. The van der Waals surface area contributed by atoms with Crippen molar-refractivity contribution in [2.75, 3.05) is 19.5 Å². The first-order chi connectivity index (χ1) is 19.3. The molecular weight excluding hydrogens is 504 g/mol. The Kier molecular flexibility index (Phi) is 6.62. The lowest BCUT2D eigenvalue weighted by atomic mass is 9.83. The van der Waals surface area contributed by atoms with Crippen molar-refractivity contribution in [3.8, 4) is 11.3 Å². The maximum atomic E-state index is 12.9. The number of fused-ring (bicyclic) bond motifs is 3. The molecule has 2 fully saturated rings. The standard InChI is InChI=1S/C31H34N6O3/c1-20-7-13-33-23(17-20)18-24(38)21-3-5-22(6-4-21)26-27-28(32)34-14-15-37(27)29(35-26)30-9-11-31(19-30,12-10-30)36-25(39)8-16-40-2/h3-7,13-15,17H,8-12,16,18-19H2,1-2H3,(H2,32,34)(H,36,39). The molecule has 0 unspecified atom stereocenters. The lowest BCUT2D eigenvalue weighted by molar-refractivity contribution is -0.123. The average Bonchev–Trinajstić information content (AvgIpc) is 3.63. The molecule has 206 valence electrons. The first kappa shape index (κ1) is 26.1. The van der Waals surface area contributed by atoms with E-state index in [9.17, 15) is 9.59 Å². The molecule has 0 aliphatic heterocycles. The van der Waals surface area contributed by atoms with Crippen molar-refractivity contribution >= 4 is 23.0 Å². The molecular formula is C31H34N6O3. The predicted octanol–water partition coefficient (Wildman–Crippen LogP) is 4.21. The molecule has 2 saturated carbocycles.